The van der Waals surface area contributed by atoms with Crippen LogP contribution in [0.25, 0.3) is 0 Å². The molecule has 0 aliphatic heterocycles. The highest BCUT2D eigenvalue weighted by Crippen LogP contribution is 2.27. The topological polar surface area (TPSA) is 69.2 Å². The smallest absolute Gasteiger partial charge is 0.277 e. The fraction of sp³-hybridized carbons (Fsp3) is 0.222. The molecule has 0 aromatic heterocycles. The summed E-state index contributed by atoms with van der Waals surface area (Å²) in [6.07, 6.45) is 1.52. The Balaban J connectivity index is 1.88. The summed E-state index contributed by atoms with van der Waals surface area (Å²) in [5.41, 5.74) is 4.28. The number of carbonyl (C=O) groups is 1. The second-order valence-electron chi connectivity index (χ2n) is 5.13. The molecule has 0 fully saturated rings. The number of nitrogens with one attached hydrogen (secondary N) is 1. The summed E-state index contributed by atoms with van der Waals surface area (Å²) in [7, 11) is 3.12. The van der Waals surface area contributed by atoms with Crippen LogP contribution < -0.4 is 19.6 Å². The predicted octanol–water partition coefficient (Wildman–Crippen LogP) is 3.30. The molecule has 0 saturated heterocycles. The monoisotopic (exact) mass is 406 g/mol. The summed E-state index contributed by atoms with van der Waals surface area (Å²) >= 11 is 3.40. The lowest BCUT2D eigenvalue weighted by molar-refractivity contribution is -0.123. The number of carbonyl (C=O) groups excluding carboxylic acids is 1. The molecule has 1 N–H and O–H groups in total. The summed E-state index contributed by atoms with van der Waals surface area (Å²) in [6.45, 7) is 1.84. The van der Waals surface area contributed by atoms with Crippen molar-refractivity contribution in [2.75, 3.05) is 20.8 Å². The lowest BCUT2D eigenvalue weighted by atomic mass is 10.2. The second-order valence-corrected chi connectivity index (χ2v) is 5.98. The van der Waals surface area contributed by atoms with Gasteiger partial charge >= 0.3 is 0 Å². The Bertz CT molecular complexity index is 778. The molecule has 2 aromatic carbocycles. The molecule has 0 saturated carbocycles. The summed E-state index contributed by atoms with van der Waals surface area (Å²) in [6, 6.07) is 11.0. The van der Waals surface area contributed by atoms with E-state index in [2.05, 4.69) is 26.5 Å². The van der Waals surface area contributed by atoms with Crippen molar-refractivity contribution in [2.24, 2.45) is 5.10 Å². The van der Waals surface area contributed by atoms with Gasteiger partial charge in [0.15, 0.2) is 18.1 Å². The van der Waals surface area contributed by atoms with Gasteiger partial charge in [0.1, 0.15) is 5.75 Å². The number of aryl methyl sites for hydroxylation is 1. The third-order valence-corrected chi connectivity index (χ3v) is 3.88. The van der Waals surface area contributed by atoms with Crippen molar-refractivity contribution in [1.82, 2.24) is 5.43 Å². The van der Waals surface area contributed by atoms with E-state index in [-0.39, 0.29) is 12.5 Å². The molecule has 0 atom stereocenters. The summed E-state index contributed by atoms with van der Waals surface area (Å²) < 4.78 is 16.6. The molecular weight excluding hydrogens is 388 g/mol. The van der Waals surface area contributed by atoms with Gasteiger partial charge in [0, 0.05) is 0 Å². The number of hydrazone groups is 1. The number of amides is 1. The Morgan fingerprint density at radius 1 is 1.12 bits per heavy atom. The van der Waals surface area contributed by atoms with Gasteiger partial charge < -0.3 is 14.2 Å². The van der Waals surface area contributed by atoms with Crippen LogP contribution in [-0.4, -0.2) is 32.9 Å². The largest absolute Gasteiger partial charge is 0.493 e. The summed E-state index contributed by atoms with van der Waals surface area (Å²) in [4.78, 5) is 11.8. The Hall–Kier alpha value is -2.54. The first kappa shape index (κ1) is 18.8. The first-order chi connectivity index (χ1) is 12.0. The van der Waals surface area contributed by atoms with Crippen LogP contribution in [0, 0.1) is 6.92 Å². The molecule has 0 aliphatic carbocycles. The minimum absolute atomic E-state index is 0.134. The lowest BCUT2D eigenvalue weighted by Crippen LogP contribution is -2.24. The zero-order valence-electron chi connectivity index (χ0n) is 14.2. The zero-order chi connectivity index (χ0) is 18.2. The Morgan fingerprint density at radius 2 is 1.84 bits per heavy atom. The maximum Gasteiger partial charge on any atom is 0.277 e. The minimum Gasteiger partial charge on any atom is -0.493 e. The second kappa shape index (κ2) is 9.08. The van der Waals surface area contributed by atoms with Gasteiger partial charge in [0.25, 0.3) is 5.91 Å². The standard InChI is InChI=1S/C18H19BrN2O4/c1-12-4-6-15(14(19)8-12)25-11-18(22)21-20-10-13-5-7-16(23-2)17(9-13)24-3/h4-10H,11H2,1-3H3,(H,21,22). The molecule has 0 unspecified atom stereocenters. The Morgan fingerprint density at radius 3 is 2.52 bits per heavy atom. The zero-order valence-corrected chi connectivity index (χ0v) is 15.8. The van der Waals surface area contributed by atoms with Crippen LogP contribution in [0.3, 0.4) is 0 Å². The maximum absolute atomic E-state index is 11.8. The van der Waals surface area contributed by atoms with E-state index < -0.39 is 0 Å². The van der Waals surface area contributed by atoms with Gasteiger partial charge in [-0.2, -0.15) is 5.10 Å². The van der Waals surface area contributed by atoms with Gasteiger partial charge in [-0.3, -0.25) is 4.79 Å². The lowest BCUT2D eigenvalue weighted by Gasteiger charge is -2.08. The van der Waals surface area contributed by atoms with E-state index in [0.29, 0.717) is 17.2 Å². The number of nitrogens with zero attached hydrogens (tertiary/aromatic N) is 1. The van der Waals surface area contributed by atoms with E-state index >= 15 is 0 Å². The number of methoxy groups -OCH3 is 2. The van der Waals surface area contributed by atoms with Gasteiger partial charge in [-0.15, -0.1) is 0 Å². The molecule has 0 radical (unpaired) electrons. The van der Waals surface area contributed by atoms with Crippen molar-refractivity contribution in [3.05, 3.63) is 52.0 Å². The van der Waals surface area contributed by atoms with Crippen LogP contribution in [0.5, 0.6) is 17.2 Å². The molecule has 132 valence electrons. The van der Waals surface area contributed by atoms with Crippen LogP contribution in [0.4, 0.5) is 0 Å². The normalized spacial score (nSPS) is 10.6. The van der Waals surface area contributed by atoms with Crippen LogP contribution >= 0.6 is 15.9 Å². The SMILES string of the molecule is COc1ccc(C=NNC(=O)COc2ccc(C)cc2Br)cc1OC. The average molecular weight is 407 g/mol. The van der Waals surface area contributed by atoms with Crippen molar-refractivity contribution >= 4 is 28.1 Å². The highest BCUT2D eigenvalue weighted by molar-refractivity contribution is 9.10. The quantitative estimate of drug-likeness (QED) is 0.565. The summed E-state index contributed by atoms with van der Waals surface area (Å²) in [5.74, 6) is 1.46. The van der Waals surface area contributed by atoms with E-state index in [1.54, 1.807) is 38.5 Å². The molecular formula is C18H19BrN2O4. The third kappa shape index (κ3) is 5.49. The molecule has 25 heavy (non-hydrogen) atoms. The van der Waals surface area contributed by atoms with E-state index in [9.17, 15) is 4.79 Å². The first-order valence-corrected chi connectivity index (χ1v) is 8.25. The van der Waals surface area contributed by atoms with Crippen molar-refractivity contribution in [2.45, 2.75) is 6.92 Å². The fourth-order valence-electron chi connectivity index (χ4n) is 2.01. The molecule has 0 heterocycles. The highest BCUT2D eigenvalue weighted by Gasteiger charge is 2.06. The summed E-state index contributed by atoms with van der Waals surface area (Å²) in [5, 5.41) is 3.91. The molecule has 0 bridgehead atoms. The van der Waals surface area contributed by atoms with E-state index in [1.165, 1.54) is 6.21 Å². The van der Waals surface area contributed by atoms with E-state index in [1.807, 2.05) is 19.1 Å². The minimum atomic E-state index is -0.357. The molecule has 6 nitrogen and oxygen atoms in total. The number of rotatable bonds is 7. The van der Waals surface area contributed by atoms with Gasteiger partial charge in [-0.25, -0.2) is 5.43 Å². The molecule has 2 aromatic rings. The Labute approximate surface area is 154 Å². The highest BCUT2D eigenvalue weighted by atomic mass is 79.9. The van der Waals surface area contributed by atoms with Gasteiger partial charge in [-0.1, -0.05) is 6.07 Å². The molecule has 2 rings (SSSR count). The molecule has 0 aliphatic rings. The molecule has 0 spiro atoms. The number of halogens is 1. The van der Waals surface area contributed by atoms with Gasteiger partial charge in [-0.05, 0) is 64.3 Å². The molecule has 1 amide bonds. The maximum atomic E-state index is 11.8. The number of hydrogen-bond donors (Lipinski definition) is 1. The van der Waals surface area contributed by atoms with Crippen LogP contribution in [0.2, 0.25) is 0 Å². The van der Waals surface area contributed by atoms with Gasteiger partial charge in [0.05, 0.1) is 24.9 Å². The van der Waals surface area contributed by atoms with Crippen LogP contribution in [-0.2, 0) is 4.79 Å². The number of hydrogen-bond acceptors (Lipinski definition) is 5. The average Bonchev–Trinajstić information content (AvgIpc) is 2.60. The van der Waals surface area contributed by atoms with Crippen molar-refractivity contribution in [1.29, 1.82) is 0 Å². The van der Waals surface area contributed by atoms with E-state index in [4.69, 9.17) is 14.2 Å². The van der Waals surface area contributed by atoms with Crippen molar-refractivity contribution in [3.8, 4) is 17.2 Å². The molecule has 7 heteroatoms. The van der Waals surface area contributed by atoms with Gasteiger partial charge in [0.2, 0.25) is 0 Å². The van der Waals surface area contributed by atoms with Crippen LogP contribution in [0.15, 0.2) is 46.0 Å². The predicted molar refractivity (Wildman–Crippen MR) is 99.7 cm³/mol. The van der Waals surface area contributed by atoms with Crippen molar-refractivity contribution < 1.29 is 19.0 Å². The van der Waals surface area contributed by atoms with Crippen molar-refractivity contribution in [3.63, 3.8) is 0 Å². The fourth-order valence-corrected chi connectivity index (χ4v) is 2.62. The Kier molecular flexibility index (Phi) is 6.82. The van der Waals surface area contributed by atoms with E-state index in [0.717, 1.165) is 15.6 Å². The first-order valence-electron chi connectivity index (χ1n) is 7.46. The number of benzene rings is 2. The third-order valence-electron chi connectivity index (χ3n) is 3.26. The number of ether oxygens (including phenoxy) is 3. The van der Waals surface area contributed by atoms with Crippen LogP contribution in [0.1, 0.15) is 11.1 Å².